The average molecular weight is 485 g/mol. The Morgan fingerprint density at radius 1 is 0.800 bits per heavy atom. The Balaban J connectivity index is 1.53. The van der Waals surface area contributed by atoms with Crippen LogP contribution < -0.4 is 9.62 Å². The van der Waals surface area contributed by atoms with E-state index in [4.69, 9.17) is 0 Å². The molecular formula is C29H28N2O3S. The Kier molecular flexibility index (Phi) is 7.32. The lowest BCUT2D eigenvalue weighted by atomic mass is 10.1. The van der Waals surface area contributed by atoms with Crippen molar-refractivity contribution in [1.82, 2.24) is 5.32 Å². The van der Waals surface area contributed by atoms with Crippen molar-refractivity contribution in [2.75, 3.05) is 4.31 Å². The molecule has 0 aliphatic carbocycles. The molecule has 178 valence electrons. The summed E-state index contributed by atoms with van der Waals surface area (Å²) in [4.78, 5) is 13.0. The highest BCUT2D eigenvalue weighted by Gasteiger charge is 2.25. The fourth-order valence-corrected chi connectivity index (χ4v) is 5.25. The topological polar surface area (TPSA) is 66.5 Å². The largest absolute Gasteiger partial charge is 0.346 e. The zero-order chi connectivity index (χ0) is 24.8. The number of nitrogens with one attached hydrogen (secondary N) is 1. The summed E-state index contributed by atoms with van der Waals surface area (Å²) < 4.78 is 28.3. The highest BCUT2D eigenvalue weighted by molar-refractivity contribution is 7.92. The second kappa shape index (κ2) is 10.6. The number of hydrogen-bond acceptors (Lipinski definition) is 3. The highest BCUT2D eigenvalue weighted by atomic mass is 32.2. The van der Waals surface area contributed by atoms with Crippen molar-refractivity contribution < 1.29 is 13.2 Å². The van der Waals surface area contributed by atoms with E-state index in [0.717, 1.165) is 11.1 Å². The van der Waals surface area contributed by atoms with Crippen LogP contribution in [0.2, 0.25) is 0 Å². The number of aryl methyl sites for hydroxylation is 1. The maximum atomic E-state index is 13.5. The third-order valence-corrected chi connectivity index (χ3v) is 7.63. The fourth-order valence-electron chi connectivity index (χ4n) is 3.77. The first-order valence-electron chi connectivity index (χ1n) is 11.4. The summed E-state index contributed by atoms with van der Waals surface area (Å²) in [7, 11) is -3.77. The van der Waals surface area contributed by atoms with Crippen molar-refractivity contribution in [3.8, 4) is 0 Å². The van der Waals surface area contributed by atoms with Gasteiger partial charge in [-0.1, -0.05) is 78.4 Å². The molecule has 5 nitrogen and oxygen atoms in total. The average Bonchev–Trinajstić information content (AvgIpc) is 2.89. The van der Waals surface area contributed by atoms with Crippen LogP contribution in [-0.2, 0) is 16.6 Å². The zero-order valence-corrected chi connectivity index (χ0v) is 20.6. The van der Waals surface area contributed by atoms with Gasteiger partial charge in [-0.25, -0.2) is 8.42 Å². The summed E-state index contributed by atoms with van der Waals surface area (Å²) >= 11 is 0. The minimum absolute atomic E-state index is 0.132. The van der Waals surface area contributed by atoms with E-state index in [-0.39, 0.29) is 23.4 Å². The number of benzene rings is 4. The minimum Gasteiger partial charge on any atom is -0.346 e. The van der Waals surface area contributed by atoms with Crippen molar-refractivity contribution in [2.45, 2.75) is 31.3 Å². The first kappa shape index (κ1) is 24.2. The Labute approximate surface area is 207 Å². The van der Waals surface area contributed by atoms with Crippen molar-refractivity contribution in [3.63, 3.8) is 0 Å². The Morgan fingerprint density at radius 3 is 1.97 bits per heavy atom. The first-order valence-corrected chi connectivity index (χ1v) is 12.9. The summed E-state index contributed by atoms with van der Waals surface area (Å²) in [5.41, 5.74) is 4.07. The third kappa shape index (κ3) is 5.78. The molecule has 6 heteroatoms. The lowest BCUT2D eigenvalue weighted by Gasteiger charge is -2.25. The predicted molar refractivity (Wildman–Crippen MR) is 140 cm³/mol. The summed E-state index contributed by atoms with van der Waals surface area (Å²) in [6, 6.07) is 32.4. The molecule has 4 aromatic rings. The maximum absolute atomic E-state index is 13.5. The van der Waals surface area contributed by atoms with Crippen molar-refractivity contribution in [3.05, 3.63) is 131 Å². The molecule has 0 aliphatic rings. The van der Waals surface area contributed by atoms with Crippen LogP contribution in [0, 0.1) is 6.92 Å². The summed E-state index contributed by atoms with van der Waals surface area (Å²) in [5.74, 6) is -0.179. The van der Waals surface area contributed by atoms with Crippen molar-refractivity contribution >= 4 is 21.6 Å². The third-order valence-electron chi connectivity index (χ3n) is 5.84. The number of hydrogen-bond donors (Lipinski definition) is 1. The molecule has 0 saturated carbocycles. The van der Waals surface area contributed by atoms with Gasteiger partial charge in [0.25, 0.3) is 15.9 Å². The number of carbonyl (C=O) groups excluding carboxylic acids is 1. The molecule has 0 fully saturated rings. The molecule has 1 atom stereocenters. The fraction of sp³-hybridized carbons (Fsp3) is 0.138. The lowest BCUT2D eigenvalue weighted by molar-refractivity contribution is 0.0940. The second-order valence-electron chi connectivity index (χ2n) is 8.46. The SMILES string of the molecule is Cc1ccc([C@@H](C)NC(=O)c2ccc(CN(c3ccccc3)S(=O)(=O)c3ccccc3)cc2)cc1. The number of amides is 1. The van der Waals surface area contributed by atoms with Gasteiger partial charge in [0.1, 0.15) is 0 Å². The number of anilines is 1. The van der Waals surface area contributed by atoms with Crippen LogP contribution in [0.25, 0.3) is 0 Å². The van der Waals surface area contributed by atoms with Gasteiger partial charge in [-0.15, -0.1) is 0 Å². The molecule has 4 rings (SSSR count). The molecule has 0 aromatic heterocycles. The van der Waals surface area contributed by atoms with Gasteiger partial charge in [-0.2, -0.15) is 0 Å². The van der Waals surface area contributed by atoms with E-state index in [2.05, 4.69) is 5.32 Å². The first-order chi connectivity index (χ1) is 16.8. The van der Waals surface area contributed by atoms with Gasteiger partial charge in [0, 0.05) is 5.56 Å². The van der Waals surface area contributed by atoms with E-state index in [1.807, 2.05) is 56.3 Å². The number of rotatable bonds is 8. The van der Waals surface area contributed by atoms with E-state index in [1.54, 1.807) is 66.7 Å². The van der Waals surface area contributed by atoms with E-state index in [0.29, 0.717) is 11.3 Å². The zero-order valence-electron chi connectivity index (χ0n) is 19.8. The molecule has 0 heterocycles. The molecule has 0 aliphatic heterocycles. The number of nitrogens with zero attached hydrogens (tertiary/aromatic N) is 1. The van der Waals surface area contributed by atoms with Gasteiger partial charge >= 0.3 is 0 Å². The van der Waals surface area contributed by atoms with Crippen LogP contribution in [0.4, 0.5) is 5.69 Å². The Morgan fingerprint density at radius 2 is 1.37 bits per heavy atom. The monoisotopic (exact) mass is 484 g/mol. The van der Waals surface area contributed by atoms with E-state index in [1.165, 1.54) is 9.87 Å². The molecule has 0 saturated heterocycles. The molecule has 35 heavy (non-hydrogen) atoms. The van der Waals surface area contributed by atoms with Crippen LogP contribution in [-0.4, -0.2) is 14.3 Å². The maximum Gasteiger partial charge on any atom is 0.264 e. The van der Waals surface area contributed by atoms with Crippen LogP contribution in [0.15, 0.2) is 114 Å². The van der Waals surface area contributed by atoms with E-state index in [9.17, 15) is 13.2 Å². The van der Waals surface area contributed by atoms with Crippen LogP contribution >= 0.6 is 0 Å². The van der Waals surface area contributed by atoms with Crippen molar-refractivity contribution in [2.24, 2.45) is 0 Å². The smallest absolute Gasteiger partial charge is 0.264 e. The summed E-state index contributed by atoms with van der Waals surface area (Å²) in [6.45, 7) is 4.12. The molecule has 0 spiro atoms. The van der Waals surface area contributed by atoms with Gasteiger partial charge in [-0.3, -0.25) is 9.10 Å². The van der Waals surface area contributed by atoms with Crippen LogP contribution in [0.5, 0.6) is 0 Å². The summed E-state index contributed by atoms with van der Waals surface area (Å²) in [5, 5.41) is 3.02. The van der Waals surface area contributed by atoms with Gasteiger partial charge in [0.05, 0.1) is 23.2 Å². The van der Waals surface area contributed by atoms with Crippen LogP contribution in [0.1, 0.15) is 40.0 Å². The van der Waals surface area contributed by atoms with Crippen molar-refractivity contribution in [1.29, 1.82) is 0 Å². The molecule has 1 amide bonds. The number of para-hydroxylation sites is 1. The minimum atomic E-state index is -3.77. The molecule has 0 radical (unpaired) electrons. The molecule has 4 aromatic carbocycles. The Bertz CT molecular complexity index is 1370. The van der Waals surface area contributed by atoms with Gasteiger partial charge in [-0.05, 0) is 61.4 Å². The van der Waals surface area contributed by atoms with Crippen LogP contribution in [0.3, 0.4) is 0 Å². The highest BCUT2D eigenvalue weighted by Crippen LogP contribution is 2.26. The Hall–Kier alpha value is -3.90. The predicted octanol–water partition coefficient (Wildman–Crippen LogP) is 5.88. The van der Waals surface area contributed by atoms with Gasteiger partial charge in [0.2, 0.25) is 0 Å². The molecule has 0 bridgehead atoms. The normalized spacial score (nSPS) is 12.1. The molecule has 0 unspecified atom stereocenters. The quantitative estimate of drug-likeness (QED) is 0.340. The van der Waals surface area contributed by atoms with E-state index < -0.39 is 10.0 Å². The number of sulfonamides is 1. The summed E-state index contributed by atoms with van der Waals surface area (Å²) in [6.07, 6.45) is 0. The van der Waals surface area contributed by atoms with E-state index >= 15 is 0 Å². The van der Waals surface area contributed by atoms with Gasteiger partial charge < -0.3 is 5.32 Å². The standard InChI is InChI=1S/C29H28N2O3S/c1-22-13-17-25(18-14-22)23(2)30-29(32)26-19-15-24(16-20-26)21-31(27-9-5-3-6-10-27)35(33,34)28-11-7-4-8-12-28/h3-20,23H,21H2,1-2H3,(H,30,32)/t23-/m1/s1. The van der Waals surface area contributed by atoms with Gasteiger partial charge in [0.15, 0.2) is 0 Å². The lowest BCUT2D eigenvalue weighted by Crippen LogP contribution is -2.30. The second-order valence-corrected chi connectivity index (χ2v) is 10.3. The molecular weight excluding hydrogens is 456 g/mol. The number of carbonyl (C=O) groups is 1. The molecule has 1 N–H and O–H groups in total.